The average Bonchev–Trinajstić information content (AvgIpc) is 2.91. The van der Waals surface area contributed by atoms with E-state index in [0.29, 0.717) is 22.1 Å². The summed E-state index contributed by atoms with van der Waals surface area (Å²) >= 11 is 5.90. The molecule has 8 heteroatoms. The molecule has 0 saturated carbocycles. The zero-order valence-electron chi connectivity index (χ0n) is 15.6. The van der Waals surface area contributed by atoms with Gasteiger partial charge in [-0.25, -0.2) is 4.79 Å². The number of ether oxygens (including phenoxy) is 2. The third-order valence-electron chi connectivity index (χ3n) is 4.71. The van der Waals surface area contributed by atoms with Crippen LogP contribution in [0.25, 0.3) is 0 Å². The van der Waals surface area contributed by atoms with Crippen LogP contribution in [0.15, 0.2) is 42.5 Å². The Balaban J connectivity index is 1.87. The van der Waals surface area contributed by atoms with Crippen molar-refractivity contribution in [1.82, 2.24) is 10.2 Å². The van der Waals surface area contributed by atoms with Crippen molar-refractivity contribution in [3.63, 3.8) is 0 Å². The van der Waals surface area contributed by atoms with E-state index in [0.717, 1.165) is 4.90 Å². The second-order valence-electron chi connectivity index (χ2n) is 6.44. The molecular formula is C20H19ClN2O5. The first kappa shape index (κ1) is 19.7. The lowest BCUT2D eigenvalue weighted by Gasteiger charge is -2.22. The minimum absolute atomic E-state index is 0.225. The van der Waals surface area contributed by atoms with Gasteiger partial charge in [0.05, 0.1) is 26.3 Å². The number of amides is 3. The SMILES string of the molecule is COc1ccc(OC)c(C(=O)CN2C(=O)N[C@@](C)(c3ccc(Cl)cc3)C2=O)c1. The Kier molecular flexibility index (Phi) is 5.29. The predicted octanol–water partition coefficient (Wildman–Crippen LogP) is 3.01. The summed E-state index contributed by atoms with van der Waals surface area (Å²) in [7, 11) is 2.91. The molecule has 1 aliphatic heterocycles. The van der Waals surface area contributed by atoms with Crippen molar-refractivity contribution in [3.8, 4) is 11.5 Å². The van der Waals surface area contributed by atoms with Crippen LogP contribution in [-0.4, -0.2) is 43.4 Å². The molecule has 0 spiro atoms. The highest BCUT2D eigenvalue weighted by Crippen LogP contribution is 2.31. The quantitative estimate of drug-likeness (QED) is 0.593. The summed E-state index contributed by atoms with van der Waals surface area (Å²) in [6.45, 7) is 1.17. The summed E-state index contributed by atoms with van der Waals surface area (Å²) in [4.78, 5) is 39.1. The largest absolute Gasteiger partial charge is 0.497 e. The van der Waals surface area contributed by atoms with E-state index in [9.17, 15) is 14.4 Å². The van der Waals surface area contributed by atoms with E-state index >= 15 is 0 Å². The number of imide groups is 1. The molecule has 0 radical (unpaired) electrons. The van der Waals surface area contributed by atoms with Crippen molar-refractivity contribution >= 4 is 29.3 Å². The van der Waals surface area contributed by atoms with Crippen LogP contribution < -0.4 is 14.8 Å². The molecule has 1 aliphatic rings. The van der Waals surface area contributed by atoms with Crippen LogP contribution in [0.1, 0.15) is 22.8 Å². The lowest BCUT2D eigenvalue weighted by Crippen LogP contribution is -2.41. The lowest BCUT2D eigenvalue weighted by atomic mass is 9.92. The molecular weight excluding hydrogens is 384 g/mol. The maximum atomic E-state index is 13.0. The average molecular weight is 403 g/mol. The first-order valence-corrected chi connectivity index (χ1v) is 8.83. The van der Waals surface area contributed by atoms with Crippen molar-refractivity contribution in [2.24, 2.45) is 0 Å². The third-order valence-corrected chi connectivity index (χ3v) is 4.96. The minimum atomic E-state index is -1.28. The summed E-state index contributed by atoms with van der Waals surface area (Å²) in [5.41, 5.74) is -0.479. The molecule has 0 unspecified atom stereocenters. The number of carbonyl (C=O) groups is 3. The van der Waals surface area contributed by atoms with Crippen molar-refractivity contribution in [2.75, 3.05) is 20.8 Å². The van der Waals surface area contributed by atoms with E-state index in [-0.39, 0.29) is 5.56 Å². The van der Waals surface area contributed by atoms with Crippen molar-refractivity contribution < 1.29 is 23.9 Å². The van der Waals surface area contributed by atoms with Gasteiger partial charge in [0.2, 0.25) is 0 Å². The first-order valence-electron chi connectivity index (χ1n) is 8.45. The predicted molar refractivity (Wildman–Crippen MR) is 103 cm³/mol. The smallest absolute Gasteiger partial charge is 0.325 e. The number of halogens is 1. The van der Waals surface area contributed by atoms with Crippen LogP contribution >= 0.6 is 11.6 Å². The van der Waals surface area contributed by atoms with Crippen molar-refractivity contribution in [1.29, 1.82) is 0 Å². The highest BCUT2D eigenvalue weighted by molar-refractivity contribution is 6.30. The summed E-state index contributed by atoms with van der Waals surface area (Å²) in [6.07, 6.45) is 0. The standard InChI is InChI=1S/C20H19ClN2O5/c1-20(12-4-6-13(21)7-5-12)18(25)23(19(26)22-20)11-16(24)15-10-14(27-2)8-9-17(15)28-3/h4-10H,11H2,1-3H3,(H,22,26)/t20-/m0/s1. The highest BCUT2D eigenvalue weighted by atomic mass is 35.5. The molecule has 146 valence electrons. The van der Waals surface area contributed by atoms with Crippen LogP contribution in [0.4, 0.5) is 4.79 Å². The fourth-order valence-electron chi connectivity index (χ4n) is 3.08. The number of hydrogen-bond acceptors (Lipinski definition) is 5. The van der Waals surface area contributed by atoms with Crippen LogP contribution in [0.3, 0.4) is 0 Å². The number of hydrogen-bond donors (Lipinski definition) is 1. The molecule has 1 atom stereocenters. The Morgan fingerprint density at radius 1 is 1.11 bits per heavy atom. The number of rotatable bonds is 6. The zero-order valence-corrected chi connectivity index (χ0v) is 16.4. The molecule has 1 N–H and O–H groups in total. The topological polar surface area (TPSA) is 84.9 Å². The van der Waals surface area contributed by atoms with Gasteiger partial charge in [-0.2, -0.15) is 0 Å². The molecule has 1 heterocycles. The Bertz CT molecular complexity index is 944. The van der Waals surface area contributed by atoms with E-state index < -0.39 is 29.8 Å². The van der Waals surface area contributed by atoms with Gasteiger partial charge in [-0.05, 0) is 42.8 Å². The fraction of sp³-hybridized carbons (Fsp3) is 0.250. The highest BCUT2D eigenvalue weighted by Gasteiger charge is 2.49. The van der Waals surface area contributed by atoms with Gasteiger partial charge in [-0.1, -0.05) is 23.7 Å². The maximum Gasteiger partial charge on any atom is 0.325 e. The molecule has 2 aromatic rings. The number of urea groups is 1. The first-order chi connectivity index (χ1) is 13.3. The minimum Gasteiger partial charge on any atom is -0.497 e. The fourth-order valence-corrected chi connectivity index (χ4v) is 3.21. The number of methoxy groups -OCH3 is 2. The number of ketones is 1. The van der Waals surface area contributed by atoms with Crippen LogP contribution in [-0.2, 0) is 10.3 Å². The lowest BCUT2D eigenvalue weighted by molar-refractivity contribution is -0.130. The summed E-state index contributed by atoms with van der Waals surface area (Å²) in [6, 6.07) is 10.7. The van der Waals surface area contributed by atoms with Crippen LogP contribution in [0.5, 0.6) is 11.5 Å². The van der Waals surface area contributed by atoms with Gasteiger partial charge in [-0.15, -0.1) is 0 Å². The number of benzene rings is 2. The summed E-state index contributed by atoms with van der Waals surface area (Å²) in [5.74, 6) is -0.166. The van der Waals surface area contributed by atoms with E-state index in [2.05, 4.69) is 5.32 Å². The molecule has 2 aromatic carbocycles. The molecule has 3 amide bonds. The molecule has 0 aromatic heterocycles. The number of Topliss-reactive ketones (excluding diaryl/α,β-unsaturated/α-hetero) is 1. The van der Waals surface area contributed by atoms with Gasteiger partial charge in [0.25, 0.3) is 5.91 Å². The molecule has 1 saturated heterocycles. The Morgan fingerprint density at radius 3 is 2.39 bits per heavy atom. The second-order valence-corrected chi connectivity index (χ2v) is 6.88. The molecule has 0 bridgehead atoms. The van der Waals surface area contributed by atoms with Gasteiger partial charge >= 0.3 is 6.03 Å². The maximum absolute atomic E-state index is 13.0. The Hall–Kier alpha value is -3.06. The van der Waals surface area contributed by atoms with E-state index in [1.54, 1.807) is 43.3 Å². The molecule has 3 rings (SSSR count). The van der Waals surface area contributed by atoms with Gasteiger partial charge in [0, 0.05) is 5.02 Å². The molecule has 7 nitrogen and oxygen atoms in total. The van der Waals surface area contributed by atoms with Crippen molar-refractivity contribution in [2.45, 2.75) is 12.5 Å². The van der Waals surface area contributed by atoms with Crippen LogP contribution in [0.2, 0.25) is 5.02 Å². The zero-order chi connectivity index (χ0) is 20.5. The normalized spacial score (nSPS) is 18.8. The van der Waals surface area contributed by atoms with E-state index in [1.165, 1.54) is 20.3 Å². The monoisotopic (exact) mass is 402 g/mol. The number of carbonyl (C=O) groups excluding carboxylic acids is 3. The van der Waals surface area contributed by atoms with Gasteiger partial charge < -0.3 is 14.8 Å². The number of nitrogens with zero attached hydrogens (tertiary/aromatic N) is 1. The Labute approximate surface area is 167 Å². The van der Waals surface area contributed by atoms with Crippen LogP contribution in [0, 0.1) is 0 Å². The molecule has 0 aliphatic carbocycles. The van der Waals surface area contributed by atoms with E-state index in [4.69, 9.17) is 21.1 Å². The Morgan fingerprint density at radius 2 is 1.79 bits per heavy atom. The molecule has 28 heavy (non-hydrogen) atoms. The summed E-state index contributed by atoms with van der Waals surface area (Å²) in [5, 5.41) is 3.18. The van der Waals surface area contributed by atoms with Gasteiger partial charge in [-0.3, -0.25) is 14.5 Å². The molecule has 1 fully saturated rings. The van der Waals surface area contributed by atoms with Gasteiger partial charge in [0.1, 0.15) is 17.0 Å². The second kappa shape index (κ2) is 7.52. The van der Waals surface area contributed by atoms with E-state index in [1.807, 2.05) is 0 Å². The van der Waals surface area contributed by atoms with Gasteiger partial charge in [0.15, 0.2) is 5.78 Å². The third kappa shape index (κ3) is 3.41. The number of nitrogens with one attached hydrogen (secondary N) is 1. The van der Waals surface area contributed by atoms with Crippen molar-refractivity contribution in [3.05, 3.63) is 58.6 Å². The summed E-state index contributed by atoms with van der Waals surface area (Å²) < 4.78 is 10.4.